The van der Waals surface area contributed by atoms with Crippen LogP contribution >= 0.6 is 11.6 Å². The fourth-order valence-corrected chi connectivity index (χ4v) is 5.26. The number of carbonyl (C=O) groups excluding carboxylic acids is 1. The van der Waals surface area contributed by atoms with Gasteiger partial charge in [0, 0.05) is 22.8 Å². The highest BCUT2D eigenvalue weighted by atomic mass is 35.5. The summed E-state index contributed by atoms with van der Waals surface area (Å²) in [5.74, 6) is -0.240. The molecule has 3 rings (SSSR count). The van der Waals surface area contributed by atoms with Crippen LogP contribution in [0.15, 0.2) is 47.4 Å². The van der Waals surface area contributed by atoms with Crippen molar-refractivity contribution in [1.29, 1.82) is 0 Å². The number of carbonyl (C=O) groups is 1. The molecule has 5 nitrogen and oxygen atoms in total. The standard InChI is InChI=1S/C20H23ClN2O3S/c1-13-11-14-7-5-6-8-17(14)23(13)19(24)15-9-10-16(21)18(12-15)27(25,26)22-20(2,3)4/h5-10,12-13,22H,11H2,1-4H3. The summed E-state index contributed by atoms with van der Waals surface area (Å²) in [6.07, 6.45) is 0.770. The highest BCUT2D eigenvalue weighted by molar-refractivity contribution is 7.89. The molecule has 0 fully saturated rings. The van der Waals surface area contributed by atoms with E-state index in [9.17, 15) is 13.2 Å². The van der Waals surface area contributed by atoms with Crippen LogP contribution < -0.4 is 9.62 Å². The average Bonchev–Trinajstić information content (AvgIpc) is 2.88. The third-order valence-electron chi connectivity index (χ3n) is 4.33. The van der Waals surface area contributed by atoms with E-state index in [1.165, 1.54) is 12.1 Å². The lowest BCUT2D eigenvalue weighted by Gasteiger charge is -2.24. The Morgan fingerprint density at radius 2 is 1.85 bits per heavy atom. The van der Waals surface area contributed by atoms with Crippen molar-refractivity contribution in [2.45, 2.75) is 50.6 Å². The molecule has 2 aromatic rings. The number of amides is 1. The predicted molar refractivity (Wildman–Crippen MR) is 108 cm³/mol. The van der Waals surface area contributed by atoms with Crippen molar-refractivity contribution in [3.8, 4) is 0 Å². The maximum Gasteiger partial charge on any atom is 0.258 e. The number of nitrogens with zero attached hydrogens (tertiary/aromatic N) is 1. The Kier molecular flexibility index (Phi) is 5.10. The van der Waals surface area contributed by atoms with Gasteiger partial charge in [-0.15, -0.1) is 0 Å². The summed E-state index contributed by atoms with van der Waals surface area (Å²) >= 11 is 6.14. The molecule has 1 atom stereocenters. The SMILES string of the molecule is CC1Cc2ccccc2N1C(=O)c1ccc(Cl)c(S(=O)(=O)NC(C)(C)C)c1. The van der Waals surface area contributed by atoms with Gasteiger partial charge in [-0.1, -0.05) is 29.8 Å². The highest BCUT2D eigenvalue weighted by Gasteiger charge is 2.32. The van der Waals surface area contributed by atoms with Gasteiger partial charge in [0.15, 0.2) is 0 Å². The van der Waals surface area contributed by atoms with Crippen LogP contribution in [0.5, 0.6) is 0 Å². The summed E-state index contributed by atoms with van der Waals surface area (Å²) in [6.45, 7) is 7.22. The number of fused-ring (bicyclic) bond motifs is 1. The minimum Gasteiger partial charge on any atom is -0.305 e. The Balaban J connectivity index is 2.01. The van der Waals surface area contributed by atoms with E-state index in [2.05, 4.69) is 4.72 Å². The molecule has 0 spiro atoms. The molecule has 0 bridgehead atoms. The lowest BCUT2D eigenvalue weighted by Crippen LogP contribution is -2.40. The lowest BCUT2D eigenvalue weighted by atomic mass is 10.1. The minimum atomic E-state index is -3.85. The Bertz CT molecular complexity index is 997. The van der Waals surface area contributed by atoms with E-state index >= 15 is 0 Å². The summed E-state index contributed by atoms with van der Waals surface area (Å²) in [5.41, 5.74) is 1.60. The Morgan fingerprint density at radius 3 is 2.52 bits per heavy atom. The Morgan fingerprint density at radius 1 is 1.19 bits per heavy atom. The van der Waals surface area contributed by atoms with Crippen molar-refractivity contribution < 1.29 is 13.2 Å². The molecule has 144 valence electrons. The predicted octanol–water partition coefficient (Wildman–Crippen LogP) is 4.01. The fourth-order valence-electron chi connectivity index (χ4n) is 3.31. The van der Waals surface area contributed by atoms with Gasteiger partial charge in [0.25, 0.3) is 5.91 Å². The number of benzene rings is 2. The molecule has 0 radical (unpaired) electrons. The van der Waals surface area contributed by atoms with E-state index in [0.717, 1.165) is 17.7 Å². The Labute approximate surface area is 165 Å². The van der Waals surface area contributed by atoms with Crippen molar-refractivity contribution in [1.82, 2.24) is 4.72 Å². The summed E-state index contributed by atoms with van der Waals surface area (Å²) in [5, 5.41) is 0.0816. The van der Waals surface area contributed by atoms with Gasteiger partial charge >= 0.3 is 0 Å². The van der Waals surface area contributed by atoms with Crippen molar-refractivity contribution in [2.75, 3.05) is 4.90 Å². The molecule has 1 aliphatic heterocycles. The first kappa shape index (κ1) is 19.9. The fraction of sp³-hybridized carbons (Fsp3) is 0.350. The molecule has 0 saturated carbocycles. The van der Waals surface area contributed by atoms with Gasteiger partial charge in [0.1, 0.15) is 4.90 Å². The second-order valence-corrected chi connectivity index (χ2v) is 9.92. The van der Waals surface area contributed by atoms with Crippen molar-refractivity contribution in [3.63, 3.8) is 0 Å². The summed E-state index contributed by atoms with van der Waals surface area (Å²) in [7, 11) is -3.85. The van der Waals surface area contributed by atoms with Gasteiger partial charge in [0.2, 0.25) is 10.0 Å². The molecular formula is C20H23ClN2O3S. The largest absolute Gasteiger partial charge is 0.305 e. The highest BCUT2D eigenvalue weighted by Crippen LogP contribution is 2.34. The van der Waals surface area contributed by atoms with Crippen molar-refractivity contribution in [3.05, 3.63) is 58.6 Å². The molecule has 1 N–H and O–H groups in total. The number of rotatable bonds is 3. The van der Waals surface area contributed by atoms with Crippen LogP contribution in [0.25, 0.3) is 0 Å². The van der Waals surface area contributed by atoms with Crippen LogP contribution in [-0.2, 0) is 16.4 Å². The molecule has 1 aliphatic rings. The zero-order valence-electron chi connectivity index (χ0n) is 15.8. The third kappa shape index (κ3) is 4.03. The number of para-hydroxylation sites is 1. The smallest absolute Gasteiger partial charge is 0.258 e. The topological polar surface area (TPSA) is 66.5 Å². The normalized spacial score (nSPS) is 17.1. The number of sulfonamides is 1. The number of hydrogen-bond acceptors (Lipinski definition) is 3. The van der Waals surface area contributed by atoms with Gasteiger partial charge in [0.05, 0.1) is 5.02 Å². The van der Waals surface area contributed by atoms with Gasteiger partial charge in [-0.3, -0.25) is 4.79 Å². The first-order valence-electron chi connectivity index (χ1n) is 8.74. The monoisotopic (exact) mass is 406 g/mol. The molecule has 1 heterocycles. The summed E-state index contributed by atoms with van der Waals surface area (Å²) < 4.78 is 28.0. The maximum atomic E-state index is 13.2. The molecule has 0 aliphatic carbocycles. The average molecular weight is 407 g/mol. The molecule has 2 aromatic carbocycles. The van der Waals surface area contributed by atoms with Crippen LogP contribution in [0.2, 0.25) is 5.02 Å². The van der Waals surface area contributed by atoms with Crippen molar-refractivity contribution in [2.24, 2.45) is 0 Å². The minimum absolute atomic E-state index is 0.00154. The molecule has 1 unspecified atom stereocenters. The maximum absolute atomic E-state index is 13.2. The van der Waals surface area contributed by atoms with E-state index in [-0.39, 0.29) is 27.4 Å². The molecule has 0 saturated heterocycles. The summed E-state index contributed by atoms with van der Waals surface area (Å²) in [4.78, 5) is 14.8. The molecule has 1 amide bonds. The van der Waals surface area contributed by atoms with E-state index in [4.69, 9.17) is 11.6 Å². The van der Waals surface area contributed by atoms with Crippen LogP contribution in [0.3, 0.4) is 0 Å². The van der Waals surface area contributed by atoms with Gasteiger partial charge in [-0.25, -0.2) is 13.1 Å². The zero-order chi connectivity index (χ0) is 20.0. The quantitative estimate of drug-likeness (QED) is 0.837. The van der Waals surface area contributed by atoms with Crippen LogP contribution in [0.4, 0.5) is 5.69 Å². The van der Waals surface area contributed by atoms with E-state index in [1.54, 1.807) is 31.7 Å². The number of halogens is 1. The van der Waals surface area contributed by atoms with Crippen LogP contribution in [0.1, 0.15) is 43.6 Å². The molecular weight excluding hydrogens is 384 g/mol. The van der Waals surface area contributed by atoms with Crippen molar-refractivity contribution >= 4 is 33.2 Å². The number of anilines is 1. The third-order valence-corrected chi connectivity index (χ3v) is 6.57. The zero-order valence-corrected chi connectivity index (χ0v) is 17.4. The van der Waals surface area contributed by atoms with Gasteiger partial charge in [-0.05, 0) is 63.9 Å². The second-order valence-electron chi connectivity index (χ2n) is 7.86. The number of nitrogens with one attached hydrogen (secondary N) is 1. The lowest BCUT2D eigenvalue weighted by molar-refractivity contribution is 0.0981. The molecule has 27 heavy (non-hydrogen) atoms. The first-order valence-corrected chi connectivity index (χ1v) is 10.6. The Hall–Kier alpha value is -1.89. The van der Waals surface area contributed by atoms with Gasteiger partial charge < -0.3 is 4.90 Å². The second kappa shape index (κ2) is 6.93. The van der Waals surface area contributed by atoms with E-state index in [1.807, 2.05) is 31.2 Å². The van der Waals surface area contributed by atoms with E-state index in [0.29, 0.717) is 0 Å². The van der Waals surface area contributed by atoms with Crippen LogP contribution in [-0.4, -0.2) is 25.9 Å². The number of hydrogen-bond donors (Lipinski definition) is 1. The van der Waals surface area contributed by atoms with E-state index < -0.39 is 15.6 Å². The van der Waals surface area contributed by atoms with Gasteiger partial charge in [-0.2, -0.15) is 0 Å². The summed E-state index contributed by atoms with van der Waals surface area (Å²) in [6, 6.07) is 12.1. The first-order chi connectivity index (χ1) is 12.5. The molecule has 7 heteroatoms. The van der Waals surface area contributed by atoms with Crippen LogP contribution in [0, 0.1) is 0 Å². The molecule has 0 aromatic heterocycles.